The van der Waals surface area contributed by atoms with Gasteiger partial charge < -0.3 is 15.5 Å². The third kappa shape index (κ3) is 2.44. The SMILES string of the molecule is CN1C(=O)CN(C2CCC(N)CC2)c2cc(Br)ccc21. The molecule has 0 unspecified atom stereocenters. The van der Waals surface area contributed by atoms with E-state index in [1.165, 1.54) is 0 Å². The number of likely N-dealkylation sites (N-methyl/N-ethyl adjacent to an activating group) is 1. The highest BCUT2D eigenvalue weighted by Crippen LogP contribution is 2.38. The van der Waals surface area contributed by atoms with E-state index < -0.39 is 0 Å². The molecule has 1 saturated carbocycles. The van der Waals surface area contributed by atoms with Gasteiger partial charge in [-0.2, -0.15) is 0 Å². The number of nitrogens with two attached hydrogens (primary N) is 1. The van der Waals surface area contributed by atoms with E-state index in [-0.39, 0.29) is 5.91 Å². The zero-order chi connectivity index (χ0) is 14.3. The van der Waals surface area contributed by atoms with E-state index >= 15 is 0 Å². The second-order valence-electron chi connectivity index (χ2n) is 5.78. The van der Waals surface area contributed by atoms with Crippen molar-refractivity contribution in [1.29, 1.82) is 0 Å². The first-order valence-corrected chi connectivity index (χ1v) is 7.94. The van der Waals surface area contributed by atoms with E-state index in [0.717, 1.165) is 41.5 Å². The zero-order valence-electron chi connectivity index (χ0n) is 11.7. The molecule has 0 bridgehead atoms. The van der Waals surface area contributed by atoms with Crippen molar-refractivity contribution in [2.75, 3.05) is 23.4 Å². The summed E-state index contributed by atoms with van der Waals surface area (Å²) in [5.41, 5.74) is 8.15. The first-order valence-electron chi connectivity index (χ1n) is 7.14. The fourth-order valence-electron chi connectivity index (χ4n) is 3.22. The van der Waals surface area contributed by atoms with Crippen molar-refractivity contribution >= 4 is 33.2 Å². The summed E-state index contributed by atoms with van der Waals surface area (Å²) in [7, 11) is 1.85. The van der Waals surface area contributed by atoms with Crippen LogP contribution in [0.5, 0.6) is 0 Å². The van der Waals surface area contributed by atoms with Crippen LogP contribution in [0, 0.1) is 0 Å². The summed E-state index contributed by atoms with van der Waals surface area (Å²) in [6, 6.07) is 6.88. The van der Waals surface area contributed by atoms with Gasteiger partial charge in [0.05, 0.1) is 17.9 Å². The molecule has 4 nitrogen and oxygen atoms in total. The summed E-state index contributed by atoms with van der Waals surface area (Å²) in [5, 5.41) is 0. The second-order valence-corrected chi connectivity index (χ2v) is 6.70. The van der Waals surface area contributed by atoms with Crippen molar-refractivity contribution in [1.82, 2.24) is 0 Å². The first kappa shape index (κ1) is 13.9. The highest BCUT2D eigenvalue weighted by atomic mass is 79.9. The number of hydrogen-bond donors (Lipinski definition) is 1. The Balaban J connectivity index is 1.94. The van der Waals surface area contributed by atoms with Gasteiger partial charge in [-0.3, -0.25) is 4.79 Å². The quantitative estimate of drug-likeness (QED) is 0.856. The molecule has 1 aromatic carbocycles. The number of carbonyl (C=O) groups excluding carboxylic acids is 1. The number of hydrogen-bond acceptors (Lipinski definition) is 3. The summed E-state index contributed by atoms with van der Waals surface area (Å²) < 4.78 is 1.05. The van der Waals surface area contributed by atoms with Gasteiger partial charge in [-0.05, 0) is 43.9 Å². The molecule has 2 aliphatic rings. The Kier molecular flexibility index (Phi) is 3.73. The van der Waals surface area contributed by atoms with E-state index in [9.17, 15) is 4.79 Å². The molecule has 1 fully saturated rings. The van der Waals surface area contributed by atoms with E-state index in [4.69, 9.17) is 5.73 Å². The molecule has 1 aliphatic heterocycles. The average molecular weight is 338 g/mol. The third-order valence-corrected chi connectivity index (χ3v) is 4.96. The summed E-state index contributed by atoms with van der Waals surface area (Å²) >= 11 is 3.54. The van der Waals surface area contributed by atoms with Crippen LogP contribution in [-0.2, 0) is 4.79 Å². The highest BCUT2D eigenvalue weighted by molar-refractivity contribution is 9.10. The summed E-state index contributed by atoms with van der Waals surface area (Å²) in [4.78, 5) is 16.2. The van der Waals surface area contributed by atoms with Crippen molar-refractivity contribution < 1.29 is 4.79 Å². The average Bonchev–Trinajstić information content (AvgIpc) is 2.44. The molecular formula is C15H20BrN3O. The minimum absolute atomic E-state index is 0.162. The number of amides is 1. The highest BCUT2D eigenvalue weighted by Gasteiger charge is 2.32. The van der Waals surface area contributed by atoms with Crippen LogP contribution in [-0.4, -0.2) is 31.6 Å². The van der Waals surface area contributed by atoms with Gasteiger partial charge in [0.1, 0.15) is 0 Å². The minimum atomic E-state index is 0.162. The number of carbonyl (C=O) groups is 1. The topological polar surface area (TPSA) is 49.6 Å². The van der Waals surface area contributed by atoms with Gasteiger partial charge in [-0.25, -0.2) is 0 Å². The van der Waals surface area contributed by atoms with Crippen molar-refractivity contribution in [3.63, 3.8) is 0 Å². The predicted octanol–water partition coefficient (Wildman–Crippen LogP) is 2.50. The lowest BCUT2D eigenvalue weighted by atomic mass is 9.90. The van der Waals surface area contributed by atoms with Crippen LogP contribution < -0.4 is 15.5 Å². The van der Waals surface area contributed by atoms with Crippen LogP contribution in [0.4, 0.5) is 11.4 Å². The monoisotopic (exact) mass is 337 g/mol. The van der Waals surface area contributed by atoms with Crippen LogP contribution in [0.2, 0.25) is 0 Å². The lowest BCUT2D eigenvalue weighted by molar-refractivity contribution is -0.117. The minimum Gasteiger partial charge on any atom is -0.357 e. The molecule has 1 heterocycles. The fraction of sp³-hybridized carbons (Fsp3) is 0.533. The number of anilines is 2. The van der Waals surface area contributed by atoms with Gasteiger partial charge in [0.25, 0.3) is 0 Å². The third-order valence-electron chi connectivity index (χ3n) is 4.47. The Morgan fingerprint density at radius 3 is 2.60 bits per heavy atom. The largest absolute Gasteiger partial charge is 0.357 e. The molecular weight excluding hydrogens is 318 g/mol. The van der Waals surface area contributed by atoms with Crippen LogP contribution in [0.25, 0.3) is 0 Å². The maximum Gasteiger partial charge on any atom is 0.246 e. The van der Waals surface area contributed by atoms with Crippen LogP contribution in [0.1, 0.15) is 25.7 Å². The smallest absolute Gasteiger partial charge is 0.246 e. The molecule has 20 heavy (non-hydrogen) atoms. The van der Waals surface area contributed by atoms with E-state index in [1.807, 2.05) is 19.2 Å². The van der Waals surface area contributed by atoms with E-state index in [1.54, 1.807) is 4.90 Å². The summed E-state index contributed by atoms with van der Waals surface area (Å²) in [6.07, 6.45) is 4.25. The van der Waals surface area contributed by atoms with Gasteiger partial charge in [-0.1, -0.05) is 15.9 Å². The van der Waals surface area contributed by atoms with Crippen molar-refractivity contribution in [2.45, 2.75) is 37.8 Å². The molecule has 0 saturated heterocycles. The molecule has 0 radical (unpaired) electrons. The van der Waals surface area contributed by atoms with Crippen molar-refractivity contribution in [3.05, 3.63) is 22.7 Å². The van der Waals surface area contributed by atoms with Gasteiger partial charge in [0.15, 0.2) is 0 Å². The van der Waals surface area contributed by atoms with Crippen molar-refractivity contribution in [3.8, 4) is 0 Å². The first-order chi connectivity index (χ1) is 9.56. The lowest BCUT2D eigenvalue weighted by Gasteiger charge is -2.42. The van der Waals surface area contributed by atoms with E-state index in [0.29, 0.717) is 18.6 Å². The molecule has 108 valence electrons. The van der Waals surface area contributed by atoms with E-state index in [2.05, 4.69) is 26.9 Å². The molecule has 0 atom stereocenters. The normalized spacial score (nSPS) is 26.6. The summed E-state index contributed by atoms with van der Waals surface area (Å²) in [6.45, 7) is 0.472. The number of rotatable bonds is 1. The Morgan fingerprint density at radius 2 is 1.90 bits per heavy atom. The Hall–Kier alpha value is -1.07. The van der Waals surface area contributed by atoms with Gasteiger partial charge in [-0.15, -0.1) is 0 Å². The molecule has 0 aromatic heterocycles. The van der Waals surface area contributed by atoms with Gasteiger partial charge in [0.2, 0.25) is 5.91 Å². The Morgan fingerprint density at radius 1 is 1.20 bits per heavy atom. The molecule has 2 N–H and O–H groups in total. The standard InChI is InChI=1S/C15H20BrN3O/c1-18-13-7-2-10(16)8-14(13)19(9-15(18)20)12-5-3-11(17)4-6-12/h2,7-8,11-12H,3-6,9,17H2,1H3. The summed E-state index contributed by atoms with van der Waals surface area (Å²) in [5.74, 6) is 0.162. The zero-order valence-corrected chi connectivity index (χ0v) is 13.3. The second kappa shape index (κ2) is 5.37. The van der Waals surface area contributed by atoms with Crippen molar-refractivity contribution in [2.24, 2.45) is 5.73 Å². The fourth-order valence-corrected chi connectivity index (χ4v) is 3.57. The number of benzene rings is 1. The predicted molar refractivity (Wildman–Crippen MR) is 85.1 cm³/mol. The van der Waals surface area contributed by atoms with Gasteiger partial charge >= 0.3 is 0 Å². The molecule has 0 spiro atoms. The Labute approximate surface area is 128 Å². The molecule has 5 heteroatoms. The molecule has 1 amide bonds. The van der Waals surface area contributed by atoms with Crippen LogP contribution in [0.15, 0.2) is 22.7 Å². The van der Waals surface area contributed by atoms with Gasteiger partial charge in [0, 0.05) is 23.6 Å². The van der Waals surface area contributed by atoms with Crippen LogP contribution in [0.3, 0.4) is 0 Å². The Bertz CT molecular complexity index is 526. The number of fused-ring (bicyclic) bond motifs is 1. The molecule has 1 aliphatic carbocycles. The maximum atomic E-state index is 12.2. The molecule has 1 aromatic rings. The molecule has 3 rings (SSSR count). The number of halogens is 1. The lowest BCUT2D eigenvalue weighted by Crippen LogP contribution is -2.50. The maximum absolute atomic E-state index is 12.2. The number of nitrogens with zero attached hydrogens (tertiary/aromatic N) is 2. The van der Waals surface area contributed by atoms with Crippen LogP contribution >= 0.6 is 15.9 Å².